The Morgan fingerprint density at radius 3 is 2.21 bits per heavy atom. The van der Waals surface area contributed by atoms with Gasteiger partial charge in [0.2, 0.25) is 15.8 Å². The van der Waals surface area contributed by atoms with Crippen LogP contribution >= 0.6 is 0 Å². The first-order valence-electron chi connectivity index (χ1n) is 8.72. The number of rotatable bonds is 7. The number of benzene rings is 2. The van der Waals surface area contributed by atoms with Crippen molar-refractivity contribution in [2.24, 2.45) is 0 Å². The van der Waals surface area contributed by atoms with Crippen LogP contribution in [0.1, 0.15) is 40.2 Å². The van der Waals surface area contributed by atoms with Crippen LogP contribution in [0.5, 0.6) is 5.75 Å². The Kier molecular flexibility index (Phi) is 5.56. The predicted octanol–water partition coefficient (Wildman–Crippen LogP) is 3.78. The second-order valence-corrected chi connectivity index (χ2v) is 8.35. The van der Waals surface area contributed by atoms with Gasteiger partial charge < -0.3 is 9.72 Å². The van der Waals surface area contributed by atoms with Gasteiger partial charge in [0.15, 0.2) is 0 Å². The number of methoxy groups -OCH3 is 1. The first kappa shape index (κ1) is 19.7. The molecule has 3 rings (SSSR count). The molecule has 0 saturated carbocycles. The average Bonchev–Trinajstić information content (AvgIpc) is 3.16. The molecule has 0 fully saturated rings. The van der Waals surface area contributed by atoms with Gasteiger partial charge in [0.05, 0.1) is 19.1 Å². The minimum absolute atomic E-state index is 0.0182. The van der Waals surface area contributed by atoms with Gasteiger partial charge in [-0.05, 0) is 54.1 Å². The number of carbonyl (C=O) groups excluding carboxylic acids is 1. The summed E-state index contributed by atoms with van der Waals surface area (Å²) in [6, 6.07) is 17.8. The molecular formula is C21H22N2O4S. The van der Waals surface area contributed by atoms with Crippen LogP contribution in [0.15, 0.2) is 60.7 Å². The van der Waals surface area contributed by atoms with Crippen molar-refractivity contribution in [3.63, 3.8) is 0 Å². The second-order valence-electron chi connectivity index (χ2n) is 6.60. The molecule has 0 aliphatic rings. The summed E-state index contributed by atoms with van der Waals surface area (Å²) < 4.78 is 30.2. The average molecular weight is 398 g/mol. The number of carbonyl (C=O) groups is 1. The molecule has 146 valence electrons. The molecular weight excluding hydrogens is 376 g/mol. The van der Waals surface area contributed by atoms with Crippen LogP contribution in [0.25, 0.3) is 0 Å². The van der Waals surface area contributed by atoms with Crippen molar-refractivity contribution < 1.29 is 17.9 Å². The van der Waals surface area contributed by atoms with Crippen LogP contribution in [-0.2, 0) is 10.0 Å². The molecule has 0 radical (unpaired) electrons. The third-order valence-electron chi connectivity index (χ3n) is 4.49. The van der Waals surface area contributed by atoms with Crippen molar-refractivity contribution in [3.05, 3.63) is 83.2 Å². The molecule has 1 heterocycles. The Bertz CT molecular complexity index is 1070. The highest BCUT2D eigenvalue weighted by Gasteiger charge is 2.15. The number of hydrogen-bond donors (Lipinski definition) is 2. The fourth-order valence-electron chi connectivity index (χ4n) is 2.93. The Balaban J connectivity index is 1.76. The maximum Gasteiger partial charge on any atom is 0.229 e. The highest BCUT2D eigenvalue weighted by atomic mass is 32.2. The van der Waals surface area contributed by atoms with E-state index in [0.29, 0.717) is 22.7 Å². The van der Waals surface area contributed by atoms with Crippen molar-refractivity contribution in [1.82, 2.24) is 4.98 Å². The molecule has 0 spiro atoms. The van der Waals surface area contributed by atoms with E-state index in [2.05, 4.69) is 9.71 Å². The van der Waals surface area contributed by atoms with Gasteiger partial charge in [0, 0.05) is 22.9 Å². The van der Waals surface area contributed by atoms with Gasteiger partial charge in [0.1, 0.15) is 5.75 Å². The molecule has 1 aromatic heterocycles. The third kappa shape index (κ3) is 4.61. The monoisotopic (exact) mass is 398 g/mol. The Morgan fingerprint density at radius 1 is 1.00 bits per heavy atom. The predicted molar refractivity (Wildman–Crippen MR) is 110 cm³/mol. The molecule has 6 nitrogen and oxygen atoms in total. The molecule has 1 atom stereocenters. The smallest absolute Gasteiger partial charge is 0.229 e. The van der Waals surface area contributed by atoms with Crippen LogP contribution in [0.4, 0.5) is 5.69 Å². The van der Waals surface area contributed by atoms with Gasteiger partial charge in [-0.3, -0.25) is 9.52 Å². The quantitative estimate of drug-likeness (QED) is 0.593. The van der Waals surface area contributed by atoms with E-state index in [1.807, 2.05) is 25.1 Å². The molecule has 2 N–H and O–H groups in total. The Hall–Kier alpha value is -3.06. The highest BCUT2D eigenvalue weighted by molar-refractivity contribution is 7.92. The normalized spacial score (nSPS) is 12.4. The Labute approximate surface area is 164 Å². The van der Waals surface area contributed by atoms with Gasteiger partial charge in [0.25, 0.3) is 0 Å². The topological polar surface area (TPSA) is 88.3 Å². The van der Waals surface area contributed by atoms with Crippen LogP contribution in [0.2, 0.25) is 0 Å². The van der Waals surface area contributed by atoms with Crippen molar-refractivity contribution in [2.45, 2.75) is 12.8 Å². The van der Waals surface area contributed by atoms with Crippen LogP contribution < -0.4 is 9.46 Å². The molecule has 0 saturated heterocycles. The summed E-state index contributed by atoms with van der Waals surface area (Å²) in [5, 5.41) is 0. The zero-order valence-electron chi connectivity index (χ0n) is 15.9. The number of aromatic amines is 1. The first-order valence-corrected chi connectivity index (χ1v) is 10.6. The number of nitrogens with one attached hydrogen (secondary N) is 2. The molecule has 28 heavy (non-hydrogen) atoms. The lowest BCUT2D eigenvalue weighted by Crippen LogP contribution is -2.09. The zero-order valence-corrected chi connectivity index (χ0v) is 16.7. The molecule has 2 aromatic carbocycles. The maximum absolute atomic E-state index is 12.7. The lowest BCUT2D eigenvalue weighted by atomic mass is 9.98. The third-order valence-corrected chi connectivity index (χ3v) is 5.09. The van der Waals surface area contributed by atoms with E-state index in [-0.39, 0.29) is 11.7 Å². The number of aromatic nitrogens is 1. The minimum atomic E-state index is -3.30. The van der Waals surface area contributed by atoms with Gasteiger partial charge >= 0.3 is 0 Å². The number of ketones is 1. The number of hydrogen-bond acceptors (Lipinski definition) is 4. The van der Waals surface area contributed by atoms with Gasteiger partial charge in [-0.2, -0.15) is 0 Å². The fourth-order valence-corrected chi connectivity index (χ4v) is 3.49. The SMILES string of the molecule is COc1ccc(C(=O)c2ccc(C(C)c3ccc(NS(C)(=O)=O)cc3)[nH]2)cc1. The van der Waals surface area contributed by atoms with Gasteiger partial charge in [-0.25, -0.2) is 8.42 Å². The summed E-state index contributed by atoms with van der Waals surface area (Å²) in [7, 11) is -1.72. The summed E-state index contributed by atoms with van der Waals surface area (Å²) in [4.78, 5) is 15.9. The standard InChI is InChI=1S/C21H22N2O4S/c1-14(15-4-8-17(9-5-15)23-28(3,25)26)19-12-13-20(22-19)21(24)16-6-10-18(27-2)11-7-16/h4-14,22-23H,1-3H3. The van der Waals surface area contributed by atoms with E-state index in [1.165, 1.54) is 0 Å². The summed E-state index contributed by atoms with van der Waals surface area (Å²) >= 11 is 0. The minimum Gasteiger partial charge on any atom is -0.497 e. The van der Waals surface area contributed by atoms with E-state index in [1.54, 1.807) is 49.6 Å². The van der Waals surface area contributed by atoms with E-state index in [9.17, 15) is 13.2 Å². The van der Waals surface area contributed by atoms with E-state index in [0.717, 1.165) is 17.5 Å². The van der Waals surface area contributed by atoms with Gasteiger partial charge in [-0.1, -0.05) is 19.1 Å². The van der Waals surface area contributed by atoms with E-state index >= 15 is 0 Å². The molecule has 1 unspecified atom stereocenters. The number of anilines is 1. The van der Waals surface area contributed by atoms with Crippen molar-refractivity contribution >= 4 is 21.5 Å². The molecule has 3 aromatic rings. The second kappa shape index (κ2) is 7.90. The number of H-pyrrole nitrogens is 1. The van der Waals surface area contributed by atoms with Crippen molar-refractivity contribution in [1.29, 1.82) is 0 Å². The maximum atomic E-state index is 12.7. The molecule has 0 amide bonds. The highest BCUT2D eigenvalue weighted by Crippen LogP contribution is 2.26. The number of sulfonamides is 1. The zero-order chi connectivity index (χ0) is 20.3. The first-order chi connectivity index (χ1) is 13.3. The van der Waals surface area contributed by atoms with E-state index in [4.69, 9.17) is 4.74 Å². The van der Waals surface area contributed by atoms with Crippen LogP contribution in [-0.4, -0.2) is 32.6 Å². The lowest BCUT2D eigenvalue weighted by Gasteiger charge is -2.12. The molecule has 0 aliphatic heterocycles. The van der Waals surface area contributed by atoms with Crippen LogP contribution in [0, 0.1) is 0 Å². The van der Waals surface area contributed by atoms with Crippen molar-refractivity contribution in [2.75, 3.05) is 18.1 Å². The van der Waals surface area contributed by atoms with E-state index < -0.39 is 10.0 Å². The van der Waals surface area contributed by atoms with Crippen LogP contribution in [0.3, 0.4) is 0 Å². The molecule has 0 aliphatic carbocycles. The Morgan fingerprint density at radius 2 is 1.64 bits per heavy atom. The number of ether oxygens (including phenoxy) is 1. The van der Waals surface area contributed by atoms with Crippen molar-refractivity contribution in [3.8, 4) is 5.75 Å². The summed E-state index contributed by atoms with van der Waals surface area (Å²) in [5.74, 6) is 0.629. The fraction of sp³-hybridized carbons (Fsp3) is 0.190. The summed E-state index contributed by atoms with van der Waals surface area (Å²) in [6.45, 7) is 2.02. The molecule has 0 bridgehead atoms. The largest absolute Gasteiger partial charge is 0.497 e. The summed E-state index contributed by atoms with van der Waals surface area (Å²) in [5.41, 5.74) is 3.52. The van der Waals surface area contributed by atoms with Gasteiger partial charge in [-0.15, -0.1) is 0 Å². The summed E-state index contributed by atoms with van der Waals surface area (Å²) in [6.07, 6.45) is 1.11. The molecule has 7 heteroatoms. The lowest BCUT2D eigenvalue weighted by molar-refractivity contribution is 0.103.